The molecule has 0 saturated heterocycles. The Kier molecular flexibility index (Phi) is 20.4. The van der Waals surface area contributed by atoms with Gasteiger partial charge in [-0.3, -0.25) is 9.59 Å². The normalized spacial score (nSPS) is 12.5. The van der Waals surface area contributed by atoms with Crippen molar-refractivity contribution in [3.63, 3.8) is 0 Å². The third-order valence-corrected chi connectivity index (χ3v) is 8.81. The van der Waals surface area contributed by atoms with Gasteiger partial charge in [0.25, 0.3) is 0 Å². The molecule has 47 heavy (non-hydrogen) atoms. The number of nitrogens with zero attached hydrogens (tertiary/aromatic N) is 4. The zero-order valence-corrected chi connectivity index (χ0v) is 30.4. The minimum atomic E-state index is -0.256. The van der Waals surface area contributed by atoms with Gasteiger partial charge in [0.05, 0.1) is 0 Å². The van der Waals surface area contributed by atoms with Gasteiger partial charge in [0, 0.05) is 37.1 Å². The third-order valence-electron chi connectivity index (χ3n) is 8.81. The van der Waals surface area contributed by atoms with Gasteiger partial charge in [-0.15, -0.1) is 24.8 Å². The molecule has 0 radical (unpaired) electrons. The largest absolute Gasteiger partial charge is 0.411 e. The van der Waals surface area contributed by atoms with Crippen molar-refractivity contribution in [3.05, 3.63) is 58.7 Å². The summed E-state index contributed by atoms with van der Waals surface area (Å²) in [5, 5.41) is 26.3. The van der Waals surface area contributed by atoms with Crippen molar-refractivity contribution in [2.45, 2.75) is 98.3 Å². The van der Waals surface area contributed by atoms with E-state index in [0.717, 1.165) is 99.8 Å². The fraction of sp³-hybridized carbons (Fsp3) is 0.568. The molecule has 0 heterocycles. The summed E-state index contributed by atoms with van der Waals surface area (Å²) in [5.41, 5.74) is 5.44. The fourth-order valence-corrected chi connectivity index (χ4v) is 5.97. The lowest BCUT2D eigenvalue weighted by molar-refractivity contribution is 0.105. The SMILES string of the molecule is CCCCN(CCCC)CC/C(=N/O)C(=O)c1ccc2c(c1)Cc1cc(C(=O)/C(CCN(CCCC)CCCC)=N\O)ccc1-2.Cl.Cl. The second-order valence-electron chi connectivity index (χ2n) is 12.3. The standard InChI is InChI=1S/C37H54N4O4.2ClH/c1-5-9-19-40(20-10-6-2)23-17-34(38-44)36(42)28-13-15-32-30(25-28)27-31-26-29(14-16-33(31)32)37(43)35(39-45)18-24-41(21-11-7-3)22-12-8-4;;/h13-16,25-26,44-45H,5-12,17-24,27H2,1-4H3;2*1H/b38-34-,39-35-;;. The molecular weight excluding hydrogens is 635 g/mol. The monoisotopic (exact) mass is 690 g/mol. The van der Waals surface area contributed by atoms with Crippen LogP contribution in [0.4, 0.5) is 0 Å². The lowest BCUT2D eigenvalue weighted by Gasteiger charge is -2.21. The molecule has 0 amide bonds. The Bertz CT molecular complexity index is 1220. The van der Waals surface area contributed by atoms with Crippen molar-refractivity contribution in [2.75, 3.05) is 39.3 Å². The van der Waals surface area contributed by atoms with Gasteiger partial charge in [-0.1, -0.05) is 88.0 Å². The van der Waals surface area contributed by atoms with Crippen molar-refractivity contribution in [2.24, 2.45) is 10.3 Å². The molecule has 0 bridgehead atoms. The summed E-state index contributed by atoms with van der Waals surface area (Å²) >= 11 is 0. The molecule has 0 aliphatic heterocycles. The number of fused-ring (bicyclic) bond motifs is 3. The fourth-order valence-electron chi connectivity index (χ4n) is 5.97. The van der Waals surface area contributed by atoms with Crippen LogP contribution >= 0.6 is 24.8 Å². The maximum Gasteiger partial charge on any atom is 0.210 e. The van der Waals surface area contributed by atoms with E-state index >= 15 is 0 Å². The van der Waals surface area contributed by atoms with Gasteiger partial charge >= 0.3 is 0 Å². The van der Waals surface area contributed by atoms with Crippen molar-refractivity contribution >= 4 is 47.8 Å². The number of benzene rings is 2. The van der Waals surface area contributed by atoms with Gasteiger partial charge in [-0.2, -0.15) is 0 Å². The van der Waals surface area contributed by atoms with Crippen LogP contribution in [0, 0.1) is 0 Å². The van der Waals surface area contributed by atoms with E-state index in [4.69, 9.17) is 0 Å². The summed E-state index contributed by atoms with van der Waals surface area (Å²) in [4.78, 5) is 31.4. The molecule has 0 fully saturated rings. The van der Waals surface area contributed by atoms with Crippen LogP contribution in [-0.2, 0) is 6.42 Å². The Morgan fingerprint density at radius 2 is 0.936 bits per heavy atom. The predicted molar refractivity (Wildman–Crippen MR) is 198 cm³/mol. The van der Waals surface area contributed by atoms with E-state index in [2.05, 4.69) is 47.8 Å². The van der Waals surface area contributed by atoms with Crippen LogP contribution < -0.4 is 0 Å². The first kappa shape index (κ1) is 42.2. The van der Waals surface area contributed by atoms with Crippen LogP contribution in [0.15, 0.2) is 46.7 Å². The smallest absolute Gasteiger partial charge is 0.210 e. The summed E-state index contributed by atoms with van der Waals surface area (Å²) in [6.45, 7) is 14.0. The van der Waals surface area contributed by atoms with Crippen LogP contribution in [0.1, 0.15) is 124 Å². The highest BCUT2D eigenvalue weighted by Gasteiger charge is 2.25. The van der Waals surface area contributed by atoms with E-state index in [1.165, 1.54) is 0 Å². The van der Waals surface area contributed by atoms with Gasteiger partial charge in [0.2, 0.25) is 11.6 Å². The van der Waals surface area contributed by atoms with E-state index in [0.29, 0.717) is 43.5 Å². The average molecular weight is 692 g/mol. The number of oxime groups is 2. The van der Waals surface area contributed by atoms with E-state index in [1.807, 2.05) is 24.3 Å². The van der Waals surface area contributed by atoms with E-state index in [1.54, 1.807) is 12.1 Å². The van der Waals surface area contributed by atoms with Crippen molar-refractivity contribution < 1.29 is 20.0 Å². The van der Waals surface area contributed by atoms with Crippen LogP contribution in [0.3, 0.4) is 0 Å². The summed E-state index contributed by atoms with van der Waals surface area (Å²) < 4.78 is 0. The lowest BCUT2D eigenvalue weighted by atomic mass is 9.97. The molecule has 2 aromatic carbocycles. The molecule has 0 atom stereocenters. The zero-order chi connectivity index (χ0) is 32.6. The van der Waals surface area contributed by atoms with Gasteiger partial charge in [0.1, 0.15) is 11.4 Å². The molecule has 1 aliphatic carbocycles. The molecule has 1 aliphatic rings. The maximum atomic E-state index is 13.4. The molecule has 3 rings (SSSR count). The first-order chi connectivity index (χ1) is 21.9. The van der Waals surface area contributed by atoms with E-state index in [-0.39, 0.29) is 47.8 Å². The highest BCUT2D eigenvalue weighted by Crippen LogP contribution is 2.37. The number of rotatable bonds is 22. The first-order valence-corrected chi connectivity index (χ1v) is 17.1. The Labute approximate surface area is 294 Å². The molecule has 2 N–H and O–H groups in total. The van der Waals surface area contributed by atoms with Crippen LogP contribution in [0.2, 0.25) is 0 Å². The molecule has 8 nitrogen and oxygen atoms in total. The summed E-state index contributed by atoms with van der Waals surface area (Å²) in [7, 11) is 0. The van der Waals surface area contributed by atoms with Gasteiger partial charge in [0.15, 0.2) is 0 Å². The summed E-state index contributed by atoms with van der Waals surface area (Å²) in [5.74, 6) is -0.512. The summed E-state index contributed by atoms with van der Waals surface area (Å²) in [6, 6.07) is 11.3. The number of halogens is 2. The molecule has 10 heteroatoms. The lowest BCUT2D eigenvalue weighted by Crippen LogP contribution is -2.30. The van der Waals surface area contributed by atoms with Gasteiger partial charge < -0.3 is 20.2 Å². The highest BCUT2D eigenvalue weighted by atomic mass is 35.5. The molecule has 262 valence electrons. The highest BCUT2D eigenvalue weighted by molar-refractivity contribution is 6.46. The van der Waals surface area contributed by atoms with Crippen molar-refractivity contribution in [3.8, 4) is 11.1 Å². The first-order valence-electron chi connectivity index (χ1n) is 17.1. The van der Waals surface area contributed by atoms with Crippen molar-refractivity contribution in [1.82, 2.24) is 9.80 Å². The van der Waals surface area contributed by atoms with E-state index < -0.39 is 0 Å². The summed E-state index contributed by atoms with van der Waals surface area (Å²) in [6.07, 6.45) is 10.3. The molecule has 0 spiro atoms. The van der Waals surface area contributed by atoms with E-state index in [9.17, 15) is 20.0 Å². The van der Waals surface area contributed by atoms with Gasteiger partial charge in [-0.25, -0.2) is 0 Å². The third kappa shape index (κ3) is 12.3. The number of hydrogen-bond acceptors (Lipinski definition) is 8. The Morgan fingerprint density at radius 3 is 1.23 bits per heavy atom. The second-order valence-corrected chi connectivity index (χ2v) is 12.3. The molecule has 2 aromatic rings. The Morgan fingerprint density at radius 1 is 0.596 bits per heavy atom. The Hall–Kier alpha value is -2.78. The topological polar surface area (TPSA) is 106 Å². The maximum absolute atomic E-state index is 13.4. The number of hydrogen-bond donors (Lipinski definition) is 2. The van der Waals surface area contributed by atoms with Crippen LogP contribution in [0.5, 0.6) is 0 Å². The van der Waals surface area contributed by atoms with Crippen molar-refractivity contribution in [1.29, 1.82) is 0 Å². The number of carbonyl (C=O) groups excluding carboxylic acids is 2. The number of ketones is 2. The number of Topliss-reactive ketones (excluding diaryl/α,β-unsaturated/α-hetero) is 2. The molecule has 0 saturated carbocycles. The molecular formula is C37H56Cl2N4O4. The van der Waals surface area contributed by atoms with Gasteiger partial charge in [-0.05, 0) is 92.7 Å². The average Bonchev–Trinajstić information content (AvgIpc) is 3.43. The zero-order valence-electron chi connectivity index (χ0n) is 28.8. The minimum absolute atomic E-state index is 0. The quantitative estimate of drug-likeness (QED) is 0.0473. The number of carbonyl (C=O) groups is 2. The molecule has 0 aromatic heterocycles. The predicted octanol–water partition coefficient (Wildman–Crippen LogP) is 8.71. The minimum Gasteiger partial charge on any atom is -0.411 e. The van der Waals surface area contributed by atoms with Crippen LogP contribution in [0.25, 0.3) is 11.1 Å². The Balaban J connectivity index is 0.00000552. The number of unbranched alkanes of at least 4 members (excludes halogenated alkanes) is 4. The molecule has 0 unspecified atom stereocenters. The van der Waals surface area contributed by atoms with Crippen LogP contribution in [-0.4, -0.2) is 82.5 Å². The second kappa shape index (κ2) is 22.7.